The van der Waals surface area contributed by atoms with E-state index in [-0.39, 0.29) is 5.96 Å². The molecule has 2 heterocycles. The normalized spacial score (nSPS) is 19.3. The molecule has 0 saturated carbocycles. The molecule has 0 saturated heterocycles. The number of aromatic nitrogens is 1. The molecular formula is C15H17N5S. The van der Waals surface area contributed by atoms with E-state index in [1.54, 1.807) is 11.3 Å². The van der Waals surface area contributed by atoms with Crippen molar-refractivity contribution in [3.05, 3.63) is 51.5 Å². The smallest absolute Gasteiger partial charge is 0.211 e. The Labute approximate surface area is 127 Å². The molecule has 1 aliphatic rings. The molecule has 6 heteroatoms. The number of aryl methyl sites for hydroxylation is 1. The van der Waals surface area contributed by atoms with Crippen LogP contribution in [0.2, 0.25) is 0 Å². The molecule has 2 aromatic heterocycles. The molecule has 1 aliphatic carbocycles. The SMILES string of the molecule is Cc1ccnc2c1/C(=N\N=C(N)N)CC(c1ccsc1)C2. The fourth-order valence-corrected chi connectivity index (χ4v) is 3.50. The summed E-state index contributed by atoms with van der Waals surface area (Å²) in [4.78, 5) is 4.53. The van der Waals surface area contributed by atoms with Gasteiger partial charge in [-0.2, -0.15) is 16.4 Å². The van der Waals surface area contributed by atoms with E-state index in [0.717, 1.165) is 35.4 Å². The van der Waals surface area contributed by atoms with Gasteiger partial charge in [0.15, 0.2) is 0 Å². The number of hydrogen-bond acceptors (Lipinski definition) is 4. The van der Waals surface area contributed by atoms with E-state index in [4.69, 9.17) is 11.5 Å². The topological polar surface area (TPSA) is 89.6 Å². The lowest BCUT2D eigenvalue weighted by molar-refractivity contribution is 0.679. The molecule has 0 aliphatic heterocycles. The van der Waals surface area contributed by atoms with Crippen LogP contribution in [-0.2, 0) is 6.42 Å². The highest BCUT2D eigenvalue weighted by molar-refractivity contribution is 7.08. The lowest BCUT2D eigenvalue weighted by Crippen LogP contribution is -2.24. The lowest BCUT2D eigenvalue weighted by atomic mass is 9.81. The Bertz CT molecular complexity index is 699. The molecule has 0 amide bonds. The average molecular weight is 299 g/mol. The van der Waals surface area contributed by atoms with Crippen LogP contribution in [0, 0.1) is 6.92 Å². The van der Waals surface area contributed by atoms with Gasteiger partial charge in [-0.05, 0) is 59.7 Å². The molecule has 4 N–H and O–H groups in total. The number of guanidine groups is 1. The van der Waals surface area contributed by atoms with Crippen molar-refractivity contribution in [2.24, 2.45) is 21.7 Å². The standard InChI is InChI=1S/C15H17N5S/c1-9-2-4-18-12-6-11(10-3-5-21-8-10)7-13(14(9)12)19-20-15(16)17/h2-5,8,11H,6-7H2,1H3,(H4,16,17,20)/b19-13-. The second-order valence-electron chi connectivity index (χ2n) is 5.18. The molecule has 5 nitrogen and oxygen atoms in total. The van der Waals surface area contributed by atoms with Crippen molar-refractivity contribution in [2.45, 2.75) is 25.7 Å². The van der Waals surface area contributed by atoms with E-state index in [2.05, 4.69) is 38.9 Å². The van der Waals surface area contributed by atoms with Crippen LogP contribution in [0.25, 0.3) is 0 Å². The molecule has 0 fully saturated rings. The largest absolute Gasteiger partial charge is 0.369 e. The minimum absolute atomic E-state index is 0.0248. The maximum atomic E-state index is 5.40. The summed E-state index contributed by atoms with van der Waals surface area (Å²) in [5.41, 5.74) is 16.4. The Balaban J connectivity index is 2.06. The minimum Gasteiger partial charge on any atom is -0.369 e. The summed E-state index contributed by atoms with van der Waals surface area (Å²) in [5, 5.41) is 12.4. The number of hydrogen-bond donors (Lipinski definition) is 2. The average Bonchev–Trinajstić information content (AvgIpc) is 2.98. The summed E-state index contributed by atoms with van der Waals surface area (Å²) in [6, 6.07) is 4.16. The van der Waals surface area contributed by atoms with Gasteiger partial charge >= 0.3 is 0 Å². The van der Waals surface area contributed by atoms with E-state index >= 15 is 0 Å². The van der Waals surface area contributed by atoms with E-state index in [9.17, 15) is 0 Å². The van der Waals surface area contributed by atoms with Crippen molar-refractivity contribution >= 4 is 23.0 Å². The Kier molecular flexibility index (Phi) is 3.70. The maximum Gasteiger partial charge on any atom is 0.211 e. The highest BCUT2D eigenvalue weighted by Crippen LogP contribution is 2.34. The molecule has 21 heavy (non-hydrogen) atoms. The van der Waals surface area contributed by atoms with Crippen molar-refractivity contribution < 1.29 is 0 Å². The Morgan fingerprint density at radius 1 is 1.33 bits per heavy atom. The van der Waals surface area contributed by atoms with Gasteiger partial charge in [0, 0.05) is 11.8 Å². The van der Waals surface area contributed by atoms with Gasteiger partial charge in [-0.15, -0.1) is 5.10 Å². The number of nitrogens with zero attached hydrogens (tertiary/aromatic N) is 3. The summed E-state index contributed by atoms with van der Waals surface area (Å²) in [6.07, 6.45) is 3.60. The summed E-state index contributed by atoms with van der Waals surface area (Å²) in [7, 11) is 0. The van der Waals surface area contributed by atoms with E-state index in [1.165, 1.54) is 5.56 Å². The van der Waals surface area contributed by atoms with Crippen LogP contribution in [0.1, 0.15) is 34.7 Å². The van der Waals surface area contributed by atoms with Gasteiger partial charge in [0.2, 0.25) is 5.96 Å². The van der Waals surface area contributed by atoms with Crippen molar-refractivity contribution in [2.75, 3.05) is 0 Å². The van der Waals surface area contributed by atoms with Gasteiger partial charge in [0.05, 0.1) is 11.4 Å². The fraction of sp³-hybridized carbons (Fsp3) is 0.267. The third kappa shape index (κ3) is 2.80. The minimum atomic E-state index is -0.0248. The number of pyridine rings is 1. The Hall–Kier alpha value is -2.21. The monoisotopic (exact) mass is 299 g/mol. The molecule has 1 atom stereocenters. The molecular weight excluding hydrogens is 282 g/mol. The summed E-state index contributed by atoms with van der Waals surface area (Å²) < 4.78 is 0. The van der Waals surface area contributed by atoms with Gasteiger partial charge in [-0.1, -0.05) is 0 Å². The van der Waals surface area contributed by atoms with Crippen LogP contribution in [0.4, 0.5) is 0 Å². The summed E-state index contributed by atoms with van der Waals surface area (Å²) in [6.45, 7) is 2.07. The number of rotatable bonds is 2. The zero-order valence-corrected chi connectivity index (χ0v) is 12.6. The van der Waals surface area contributed by atoms with Gasteiger partial charge < -0.3 is 11.5 Å². The Morgan fingerprint density at radius 2 is 2.19 bits per heavy atom. The lowest BCUT2D eigenvalue weighted by Gasteiger charge is -2.25. The second-order valence-corrected chi connectivity index (χ2v) is 5.96. The van der Waals surface area contributed by atoms with Crippen LogP contribution >= 0.6 is 11.3 Å². The van der Waals surface area contributed by atoms with Crippen molar-refractivity contribution in [3.63, 3.8) is 0 Å². The maximum absolute atomic E-state index is 5.40. The number of fused-ring (bicyclic) bond motifs is 1. The molecule has 0 bridgehead atoms. The first-order valence-electron chi connectivity index (χ1n) is 6.77. The van der Waals surface area contributed by atoms with E-state index in [0.29, 0.717) is 5.92 Å². The van der Waals surface area contributed by atoms with Crippen LogP contribution in [0.15, 0.2) is 39.3 Å². The molecule has 0 spiro atoms. The molecule has 108 valence electrons. The predicted molar refractivity (Wildman–Crippen MR) is 86.7 cm³/mol. The predicted octanol–water partition coefficient (Wildman–Crippen LogP) is 2.16. The zero-order chi connectivity index (χ0) is 14.8. The molecule has 0 radical (unpaired) electrons. The fourth-order valence-electron chi connectivity index (χ4n) is 2.76. The zero-order valence-electron chi connectivity index (χ0n) is 11.8. The van der Waals surface area contributed by atoms with Crippen molar-refractivity contribution in [1.29, 1.82) is 0 Å². The highest BCUT2D eigenvalue weighted by Gasteiger charge is 2.27. The quantitative estimate of drug-likeness (QED) is 0.506. The Morgan fingerprint density at radius 3 is 2.90 bits per heavy atom. The first-order chi connectivity index (χ1) is 10.1. The van der Waals surface area contributed by atoms with Gasteiger partial charge in [-0.3, -0.25) is 4.98 Å². The molecule has 3 rings (SSSR count). The second kappa shape index (κ2) is 5.65. The van der Waals surface area contributed by atoms with Crippen molar-refractivity contribution in [3.8, 4) is 0 Å². The molecule has 2 aromatic rings. The van der Waals surface area contributed by atoms with E-state index < -0.39 is 0 Å². The van der Waals surface area contributed by atoms with E-state index in [1.807, 2.05) is 12.3 Å². The van der Waals surface area contributed by atoms with Crippen LogP contribution in [-0.4, -0.2) is 16.7 Å². The third-order valence-corrected chi connectivity index (χ3v) is 4.41. The van der Waals surface area contributed by atoms with Gasteiger partial charge in [0.1, 0.15) is 0 Å². The van der Waals surface area contributed by atoms with Gasteiger partial charge in [-0.25, -0.2) is 0 Å². The third-order valence-electron chi connectivity index (χ3n) is 3.71. The summed E-state index contributed by atoms with van der Waals surface area (Å²) in [5.74, 6) is 0.356. The summed E-state index contributed by atoms with van der Waals surface area (Å²) >= 11 is 1.71. The van der Waals surface area contributed by atoms with Gasteiger partial charge in [0.25, 0.3) is 0 Å². The molecule has 0 aromatic carbocycles. The first kappa shape index (κ1) is 13.8. The van der Waals surface area contributed by atoms with Crippen LogP contribution in [0.5, 0.6) is 0 Å². The number of thiophene rings is 1. The molecule has 1 unspecified atom stereocenters. The van der Waals surface area contributed by atoms with Crippen LogP contribution in [0.3, 0.4) is 0 Å². The highest BCUT2D eigenvalue weighted by atomic mass is 32.1. The first-order valence-corrected chi connectivity index (χ1v) is 7.72. The number of nitrogens with two attached hydrogens (primary N) is 2. The van der Waals surface area contributed by atoms with Crippen LogP contribution < -0.4 is 11.5 Å². The van der Waals surface area contributed by atoms with Crippen molar-refractivity contribution in [1.82, 2.24) is 4.98 Å².